The predicted octanol–water partition coefficient (Wildman–Crippen LogP) is 6.30. The summed E-state index contributed by atoms with van der Waals surface area (Å²) in [5.74, 6) is 0.214. The number of phenolic OH excluding ortho intramolecular Hbond substituents is 2. The smallest absolute Gasteiger partial charge is 0.240 e. The van der Waals surface area contributed by atoms with Crippen LogP contribution in [0, 0.1) is 0 Å². The molecule has 8 nitrogen and oxygen atoms in total. The van der Waals surface area contributed by atoms with Gasteiger partial charge in [0.1, 0.15) is 11.5 Å². The Kier molecular flexibility index (Phi) is 9.75. The molecule has 2 aliphatic heterocycles. The van der Waals surface area contributed by atoms with E-state index in [-0.39, 0.29) is 51.9 Å². The molecule has 0 fully saturated rings. The molecule has 6 rings (SSSR count). The molecule has 41 heavy (non-hydrogen) atoms. The normalized spacial score (nSPS) is 17.7. The average molecular weight is 631 g/mol. The van der Waals surface area contributed by atoms with Crippen LogP contribution in [0.1, 0.15) is 59.7 Å². The van der Waals surface area contributed by atoms with Gasteiger partial charge in [-0.05, 0) is 47.2 Å². The molecule has 2 aliphatic rings. The van der Waals surface area contributed by atoms with E-state index in [1.807, 2.05) is 59.3 Å². The number of carbonyl (C=O) groups is 2. The van der Waals surface area contributed by atoms with Gasteiger partial charge in [0.05, 0.1) is 23.5 Å². The van der Waals surface area contributed by atoms with Crippen LogP contribution in [0.3, 0.4) is 0 Å². The Labute approximate surface area is 256 Å². The first kappa shape index (κ1) is 30.2. The Morgan fingerprint density at radius 1 is 0.683 bits per heavy atom. The van der Waals surface area contributed by atoms with E-state index in [9.17, 15) is 19.8 Å². The summed E-state index contributed by atoms with van der Waals surface area (Å²) in [6.45, 7) is 3.02. The topological polar surface area (TPSA) is 106 Å². The molecule has 2 unspecified atom stereocenters. The fourth-order valence-electron chi connectivity index (χ4n) is 4.77. The van der Waals surface area contributed by atoms with E-state index in [1.165, 1.54) is 23.9 Å². The van der Waals surface area contributed by atoms with Crippen molar-refractivity contribution < 1.29 is 36.3 Å². The minimum Gasteiger partial charge on any atom is -0.507 e. The van der Waals surface area contributed by atoms with Crippen LogP contribution in [-0.4, -0.2) is 43.5 Å². The van der Waals surface area contributed by atoms with Crippen molar-refractivity contribution in [1.29, 1.82) is 0 Å². The van der Waals surface area contributed by atoms with Crippen LogP contribution in [0.15, 0.2) is 93.8 Å². The number of phenols is 2. The Morgan fingerprint density at radius 3 is 1.39 bits per heavy atom. The van der Waals surface area contributed by atoms with E-state index in [4.69, 9.17) is 0 Å². The van der Waals surface area contributed by atoms with E-state index in [2.05, 4.69) is 10.2 Å². The molecule has 2 aromatic heterocycles. The molecule has 2 atom stereocenters. The van der Waals surface area contributed by atoms with Crippen molar-refractivity contribution in [1.82, 2.24) is 10.0 Å². The van der Waals surface area contributed by atoms with Gasteiger partial charge in [0.25, 0.3) is 0 Å². The van der Waals surface area contributed by atoms with Gasteiger partial charge < -0.3 is 10.2 Å². The van der Waals surface area contributed by atoms with Gasteiger partial charge in [-0.25, -0.2) is 10.0 Å². The molecule has 0 radical (unpaired) electrons. The molecule has 4 aromatic rings. The van der Waals surface area contributed by atoms with Crippen molar-refractivity contribution in [3.8, 4) is 11.5 Å². The second-order valence-corrected chi connectivity index (χ2v) is 11.3. The van der Waals surface area contributed by atoms with Crippen LogP contribution in [-0.2, 0) is 26.1 Å². The largest absolute Gasteiger partial charge is 0.507 e. The molecule has 214 valence electrons. The molecule has 2 aromatic carbocycles. The van der Waals surface area contributed by atoms with Gasteiger partial charge in [-0.2, -0.15) is 10.2 Å². The summed E-state index contributed by atoms with van der Waals surface area (Å²) in [4.78, 5) is 25.8. The van der Waals surface area contributed by atoms with Crippen LogP contribution in [0.5, 0.6) is 11.5 Å². The maximum atomic E-state index is 11.8. The third kappa shape index (κ3) is 6.59. The number of amides is 2. The molecule has 0 bridgehead atoms. The zero-order valence-electron chi connectivity index (χ0n) is 22.3. The number of benzene rings is 2. The van der Waals surface area contributed by atoms with E-state index >= 15 is 0 Å². The van der Waals surface area contributed by atoms with Gasteiger partial charge in [-0.3, -0.25) is 9.59 Å². The molecule has 0 saturated heterocycles. The summed E-state index contributed by atoms with van der Waals surface area (Å²) in [6, 6.07) is 22.0. The Balaban J connectivity index is 0.000000184. The zero-order chi connectivity index (χ0) is 28.2. The minimum absolute atomic E-state index is 0. The first-order valence-corrected chi connectivity index (χ1v) is 14.5. The minimum atomic E-state index is -0.0891. The number of rotatable bonds is 4. The van der Waals surface area contributed by atoms with Crippen LogP contribution < -0.4 is 0 Å². The third-order valence-electron chi connectivity index (χ3n) is 6.64. The van der Waals surface area contributed by atoms with E-state index in [0.717, 1.165) is 21.2 Å². The van der Waals surface area contributed by atoms with Gasteiger partial charge in [-0.15, -0.1) is 22.7 Å². The maximum Gasteiger partial charge on any atom is 0.240 e. The quantitative estimate of drug-likeness (QED) is 0.258. The monoisotopic (exact) mass is 630 g/mol. The van der Waals surface area contributed by atoms with Crippen LogP contribution in [0.4, 0.5) is 0 Å². The molecule has 11 heteroatoms. The summed E-state index contributed by atoms with van der Waals surface area (Å²) < 4.78 is 0. The number of aromatic hydroxyl groups is 2. The number of para-hydroxylation sites is 2. The molecule has 0 aliphatic carbocycles. The van der Waals surface area contributed by atoms with Crippen molar-refractivity contribution in [3.05, 3.63) is 104 Å². The van der Waals surface area contributed by atoms with Crippen molar-refractivity contribution >= 4 is 45.9 Å². The number of hydrazone groups is 2. The fourth-order valence-corrected chi connectivity index (χ4v) is 6.39. The van der Waals surface area contributed by atoms with Crippen LogP contribution >= 0.6 is 22.7 Å². The van der Waals surface area contributed by atoms with E-state index < -0.39 is 0 Å². The second-order valence-electron chi connectivity index (χ2n) is 9.33. The molecular weight excluding hydrogens is 603 g/mol. The zero-order valence-corrected chi connectivity index (χ0v) is 24.9. The van der Waals surface area contributed by atoms with Crippen LogP contribution in [0.2, 0.25) is 0 Å². The Hall–Kier alpha value is -3.79. The predicted molar refractivity (Wildman–Crippen MR) is 158 cm³/mol. The molecule has 0 saturated carbocycles. The number of carbonyl (C=O) groups excluding carboxylic acids is 2. The van der Waals surface area contributed by atoms with Gasteiger partial charge in [0.15, 0.2) is 0 Å². The van der Waals surface area contributed by atoms with E-state index in [1.54, 1.807) is 46.9 Å². The van der Waals surface area contributed by atoms with Gasteiger partial charge in [0.2, 0.25) is 11.8 Å². The fraction of sp³-hybridized carbons (Fsp3) is 0.200. The standard InChI is InChI=1S/2C15H14N2O2S.Ni/c2*1-10(18)17-13(15-7-4-8-20-15)9-12(16-17)11-5-2-3-6-14(11)19;/h2*2-8,13,19H,9H2,1H3;. The maximum absolute atomic E-state index is 11.8. The average Bonchev–Trinajstić information content (AvgIpc) is 3.74. The summed E-state index contributed by atoms with van der Waals surface area (Å²) in [5.41, 5.74) is 2.88. The Bertz CT molecular complexity index is 1450. The summed E-state index contributed by atoms with van der Waals surface area (Å²) in [7, 11) is 0. The first-order valence-electron chi connectivity index (χ1n) is 12.7. The number of hydrogen-bond donors (Lipinski definition) is 2. The molecule has 2 N–H and O–H groups in total. The summed E-state index contributed by atoms with van der Waals surface area (Å²) in [6.07, 6.45) is 1.25. The third-order valence-corrected chi connectivity index (χ3v) is 8.59. The van der Waals surface area contributed by atoms with Gasteiger partial charge in [-0.1, -0.05) is 36.4 Å². The first-order chi connectivity index (χ1) is 19.3. The van der Waals surface area contributed by atoms with Gasteiger partial charge >= 0.3 is 0 Å². The van der Waals surface area contributed by atoms with Crippen molar-refractivity contribution in [2.75, 3.05) is 0 Å². The van der Waals surface area contributed by atoms with Gasteiger partial charge in [0, 0.05) is 64.1 Å². The van der Waals surface area contributed by atoms with Crippen LogP contribution in [0.25, 0.3) is 0 Å². The Morgan fingerprint density at radius 2 is 1.07 bits per heavy atom. The van der Waals surface area contributed by atoms with Crippen molar-refractivity contribution in [3.63, 3.8) is 0 Å². The number of nitrogens with zero attached hydrogens (tertiary/aromatic N) is 4. The SMILES string of the molecule is CC(=O)N1N=C(c2ccccc2O)CC1c1cccs1.CC(=O)N1N=C(c2ccccc2O)CC1c1cccs1.[Ni]. The molecule has 0 spiro atoms. The molecule has 2 amide bonds. The molecule has 4 heterocycles. The van der Waals surface area contributed by atoms with Crippen molar-refractivity contribution in [2.24, 2.45) is 10.2 Å². The van der Waals surface area contributed by atoms with Crippen molar-refractivity contribution in [2.45, 2.75) is 38.8 Å². The molecular formula is C30H28N4NiO4S2. The second kappa shape index (κ2) is 13.3. The summed E-state index contributed by atoms with van der Waals surface area (Å²) >= 11 is 3.23. The number of hydrogen-bond acceptors (Lipinski definition) is 8. The summed E-state index contributed by atoms with van der Waals surface area (Å²) in [5, 5.41) is 35.7. The number of thiophene rings is 2. The van der Waals surface area contributed by atoms with E-state index in [0.29, 0.717) is 24.0 Å².